The van der Waals surface area contributed by atoms with Crippen LogP contribution in [-0.2, 0) is 21.2 Å². The number of H-pyrrole nitrogens is 1. The Kier molecular flexibility index (Phi) is 6.91. The molecule has 10 heteroatoms. The van der Waals surface area contributed by atoms with Crippen molar-refractivity contribution in [2.75, 3.05) is 12.9 Å². The number of aromatic amines is 1. The summed E-state index contributed by atoms with van der Waals surface area (Å²) in [5, 5.41) is 2.92. The third kappa shape index (κ3) is 5.28. The van der Waals surface area contributed by atoms with Crippen molar-refractivity contribution >= 4 is 27.5 Å². The van der Waals surface area contributed by atoms with E-state index in [4.69, 9.17) is 4.74 Å². The molecule has 8 nitrogen and oxygen atoms in total. The first kappa shape index (κ1) is 21.6. The van der Waals surface area contributed by atoms with Crippen LogP contribution >= 0.6 is 11.8 Å². The molecule has 30 heavy (non-hydrogen) atoms. The molecule has 0 bridgehead atoms. The van der Waals surface area contributed by atoms with Gasteiger partial charge in [-0.1, -0.05) is 42.1 Å². The van der Waals surface area contributed by atoms with E-state index in [0.717, 1.165) is 23.5 Å². The van der Waals surface area contributed by atoms with Crippen LogP contribution < -0.4 is 15.6 Å². The van der Waals surface area contributed by atoms with Crippen LogP contribution in [0.4, 0.5) is 0 Å². The van der Waals surface area contributed by atoms with Crippen molar-refractivity contribution in [1.29, 1.82) is 0 Å². The number of carbonyl (C=O) groups is 1. The number of sulfone groups is 1. The maximum atomic E-state index is 12.7. The highest BCUT2D eigenvalue weighted by Gasteiger charge is 2.22. The molecule has 0 spiro atoms. The molecule has 0 fully saturated rings. The van der Waals surface area contributed by atoms with E-state index in [0.29, 0.717) is 12.3 Å². The number of aromatic nitrogens is 2. The quantitative estimate of drug-likeness (QED) is 0.402. The summed E-state index contributed by atoms with van der Waals surface area (Å²) < 4.78 is 30.4. The molecule has 0 aliphatic carbocycles. The maximum Gasteiger partial charge on any atom is 0.270 e. The molecule has 0 atom stereocenters. The van der Waals surface area contributed by atoms with Crippen LogP contribution in [0.15, 0.2) is 80.5 Å². The van der Waals surface area contributed by atoms with Crippen LogP contribution in [0.3, 0.4) is 0 Å². The third-order valence-corrected chi connectivity index (χ3v) is 6.73. The predicted octanol–water partition coefficient (Wildman–Crippen LogP) is 2.02. The highest BCUT2D eigenvalue weighted by molar-refractivity contribution is 7.99. The Balaban J connectivity index is 1.64. The van der Waals surface area contributed by atoms with Crippen molar-refractivity contribution in [3.8, 4) is 5.75 Å². The zero-order valence-electron chi connectivity index (χ0n) is 16.0. The average Bonchev–Trinajstić information content (AvgIpc) is 2.77. The normalized spacial score (nSPS) is 11.1. The molecule has 2 aromatic carbocycles. The number of hydrogen-bond donors (Lipinski definition) is 2. The largest absolute Gasteiger partial charge is 0.497 e. The first-order valence-electron chi connectivity index (χ1n) is 8.82. The van der Waals surface area contributed by atoms with Gasteiger partial charge < -0.3 is 15.0 Å². The highest BCUT2D eigenvalue weighted by atomic mass is 32.2. The van der Waals surface area contributed by atoms with E-state index >= 15 is 0 Å². The zero-order valence-corrected chi connectivity index (χ0v) is 17.6. The standard InChI is InChI=1S/C20H19N3O5S2/c1-28-15-7-9-16(10-8-15)30(26,27)17-12-22-20(23-19(17)25)29-13-18(24)21-11-14-5-3-2-4-6-14/h2-10,12H,11,13H2,1H3,(H,21,24)(H,22,23,25). The topological polar surface area (TPSA) is 118 Å². The minimum Gasteiger partial charge on any atom is -0.497 e. The van der Waals surface area contributed by atoms with Gasteiger partial charge in [0.1, 0.15) is 5.75 Å². The molecule has 2 N–H and O–H groups in total. The minimum atomic E-state index is -4.03. The van der Waals surface area contributed by atoms with E-state index in [1.54, 1.807) is 0 Å². The Morgan fingerprint density at radius 1 is 1.13 bits per heavy atom. The number of ether oxygens (including phenoxy) is 1. The van der Waals surface area contributed by atoms with Gasteiger partial charge in [-0.25, -0.2) is 13.4 Å². The highest BCUT2D eigenvalue weighted by Crippen LogP contribution is 2.21. The summed E-state index contributed by atoms with van der Waals surface area (Å²) in [5.41, 5.74) is 0.170. The molecule has 0 saturated heterocycles. The van der Waals surface area contributed by atoms with Crippen molar-refractivity contribution < 1.29 is 17.9 Å². The molecule has 1 amide bonds. The Labute approximate surface area is 177 Å². The Bertz CT molecular complexity index is 1180. The first-order chi connectivity index (χ1) is 14.4. The molecule has 1 aromatic heterocycles. The molecule has 0 radical (unpaired) electrons. The van der Waals surface area contributed by atoms with Crippen molar-refractivity contribution in [3.05, 3.63) is 76.7 Å². The zero-order chi connectivity index (χ0) is 21.6. The molecular weight excluding hydrogens is 426 g/mol. The average molecular weight is 446 g/mol. The van der Waals surface area contributed by atoms with Gasteiger partial charge in [0.15, 0.2) is 10.1 Å². The van der Waals surface area contributed by atoms with Gasteiger partial charge in [-0.05, 0) is 29.8 Å². The number of methoxy groups -OCH3 is 1. The first-order valence-corrected chi connectivity index (χ1v) is 11.3. The summed E-state index contributed by atoms with van der Waals surface area (Å²) in [5.74, 6) is 0.292. The number of nitrogens with zero attached hydrogens (tertiary/aromatic N) is 1. The fourth-order valence-corrected chi connectivity index (χ4v) is 4.39. The molecule has 0 aliphatic rings. The summed E-state index contributed by atoms with van der Waals surface area (Å²) in [6, 6.07) is 15.1. The fraction of sp³-hybridized carbons (Fsp3) is 0.150. The van der Waals surface area contributed by atoms with Crippen LogP contribution in [0.5, 0.6) is 5.75 Å². The summed E-state index contributed by atoms with van der Waals surface area (Å²) >= 11 is 1.01. The molecule has 0 saturated carbocycles. The molecule has 0 aliphatic heterocycles. The molecule has 1 heterocycles. The van der Waals surface area contributed by atoms with Crippen molar-refractivity contribution in [1.82, 2.24) is 15.3 Å². The Morgan fingerprint density at radius 2 is 1.83 bits per heavy atom. The number of hydrogen-bond acceptors (Lipinski definition) is 7. The smallest absolute Gasteiger partial charge is 0.270 e. The molecular formula is C20H19N3O5S2. The molecule has 3 rings (SSSR count). The van der Waals surface area contributed by atoms with Crippen LogP contribution in [0.1, 0.15) is 5.56 Å². The lowest BCUT2D eigenvalue weighted by Gasteiger charge is -2.07. The van der Waals surface area contributed by atoms with Crippen molar-refractivity contribution in [3.63, 3.8) is 0 Å². The SMILES string of the molecule is COc1ccc(S(=O)(=O)c2cnc(SCC(=O)NCc3ccccc3)[nH]c2=O)cc1. The molecule has 0 unspecified atom stereocenters. The minimum absolute atomic E-state index is 0.0281. The van der Waals surface area contributed by atoms with Crippen LogP contribution in [0, 0.1) is 0 Å². The Hall–Kier alpha value is -3.11. The number of amides is 1. The van der Waals surface area contributed by atoms with Crippen molar-refractivity contribution in [2.24, 2.45) is 0 Å². The van der Waals surface area contributed by atoms with E-state index in [1.807, 2.05) is 30.3 Å². The van der Waals surface area contributed by atoms with Crippen LogP contribution in [0.2, 0.25) is 0 Å². The maximum absolute atomic E-state index is 12.7. The predicted molar refractivity (Wildman–Crippen MR) is 112 cm³/mol. The second kappa shape index (κ2) is 9.59. The van der Waals surface area contributed by atoms with E-state index in [1.165, 1.54) is 31.4 Å². The monoisotopic (exact) mass is 445 g/mol. The number of rotatable bonds is 8. The number of benzene rings is 2. The van der Waals surface area contributed by atoms with E-state index in [9.17, 15) is 18.0 Å². The lowest BCUT2D eigenvalue weighted by atomic mass is 10.2. The summed E-state index contributed by atoms with van der Waals surface area (Å²) in [7, 11) is -2.56. The lowest BCUT2D eigenvalue weighted by molar-refractivity contribution is -0.118. The fourth-order valence-electron chi connectivity index (χ4n) is 2.49. The van der Waals surface area contributed by atoms with Crippen molar-refractivity contribution in [2.45, 2.75) is 21.5 Å². The second-order valence-corrected chi connectivity index (χ2v) is 8.99. The molecule has 3 aromatic rings. The number of carbonyl (C=O) groups excluding carboxylic acids is 1. The van der Waals surface area contributed by atoms with Gasteiger partial charge in [0.05, 0.1) is 24.0 Å². The Morgan fingerprint density at radius 3 is 2.47 bits per heavy atom. The number of thioether (sulfide) groups is 1. The second-order valence-electron chi connectivity index (χ2n) is 6.11. The van der Waals surface area contributed by atoms with Crippen LogP contribution in [-0.4, -0.2) is 37.2 Å². The summed E-state index contributed by atoms with van der Waals surface area (Å²) in [6.07, 6.45) is 1.00. The van der Waals surface area contributed by atoms with Gasteiger partial charge in [0, 0.05) is 6.54 Å². The summed E-state index contributed by atoms with van der Waals surface area (Å²) in [6.45, 7) is 0.392. The van der Waals surface area contributed by atoms with Gasteiger partial charge in [-0.2, -0.15) is 0 Å². The summed E-state index contributed by atoms with van der Waals surface area (Å²) in [4.78, 5) is 30.2. The third-order valence-electron chi connectivity index (χ3n) is 4.08. The van der Waals surface area contributed by atoms with Gasteiger partial charge in [-0.15, -0.1) is 0 Å². The van der Waals surface area contributed by atoms with Gasteiger partial charge >= 0.3 is 0 Å². The number of nitrogens with one attached hydrogen (secondary N) is 2. The van der Waals surface area contributed by atoms with Gasteiger partial charge in [0.25, 0.3) is 5.56 Å². The van der Waals surface area contributed by atoms with E-state index < -0.39 is 20.3 Å². The van der Waals surface area contributed by atoms with Gasteiger partial charge in [-0.3, -0.25) is 9.59 Å². The van der Waals surface area contributed by atoms with E-state index in [2.05, 4.69) is 15.3 Å². The lowest BCUT2D eigenvalue weighted by Crippen LogP contribution is -2.25. The van der Waals surface area contributed by atoms with Gasteiger partial charge in [0.2, 0.25) is 15.7 Å². The van der Waals surface area contributed by atoms with Crippen LogP contribution in [0.25, 0.3) is 0 Å². The van der Waals surface area contributed by atoms with E-state index in [-0.39, 0.29) is 21.7 Å². The molecule has 156 valence electrons.